The van der Waals surface area contributed by atoms with E-state index in [-0.39, 0.29) is 17.9 Å². The summed E-state index contributed by atoms with van der Waals surface area (Å²) in [5.74, 6) is 0.127. The molecule has 4 aromatic rings. The number of rotatable bonds is 6. The second-order valence-corrected chi connectivity index (χ2v) is 9.54. The Bertz CT molecular complexity index is 1530. The van der Waals surface area contributed by atoms with Gasteiger partial charge in [0.2, 0.25) is 5.88 Å². The largest absolute Gasteiger partial charge is 0.501 e. The number of para-hydroxylation sites is 1. The van der Waals surface area contributed by atoms with Crippen LogP contribution < -0.4 is 11.0 Å². The maximum absolute atomic E-state index is 13.1. The van der Waals surface area contributed by atoms with E-state index >= 15 is 0 Å². The third-order valence-electron chi connectivity index (χ3n) is 5.28. The number of benzene rings is 2. The molecule has 4 rings (SSSR count). The van der Waals surface area contributed by atoms with E-state index in [4.69, 9.17) is 0 Å². The van der Waals surface area contributed by atoms with Crippen molar-refractivity contribution in [3.63, 3.8) is 0 Å². The molecule has 0 amide bonds. The van der Waals surface area contributed by atoms with Gasteiger partial charge in [0.25, 0.3) is 9.84 Å². The van der Waals surface area contributed by atoms with Crippen molar-refractivity contribution in [2.45, 2.75) is 23.9 Å². The molecule has 8 nitrogen and oxygen atoms in total. The van der Waals surface area contributed by atoms with Gasteiger partial charge in [-0.05, 0) is 61.0 Å². The minimum absolute atomic E-state index is 0.0108. The van der Waals surface area contributed by atoms with Gasteiger partial charge in [-0.3, -0.25) is 4.57 Å². The minimum atomic E-state index is -5.53. The molecule has 0 saturated heterocycles. The quantitative estimate of drug-likeness (QED) is 0.409. The summed E-state index contributed by atoms with van der Waals surface area (Å²) < 4.78 is 63.7. The number of pyridine rings is 1. The smallest absolute Gasteiger partial charge is 0.493 e. The number of sulfone groups is 1. The monoisotopic (exact) mass is 504 g/mol. The maximum Gasteiger partial charge on any atom is 0.501 e. The average Bonchev–Trinajstić information content (AvgIpc) is 3.02. The van der Waals surface area contributed by atoms with Gasteiger partial charge in [0, 0.05) is 11.9 Å². The normalized spacial score (nSPS) is 12.0. The lowest BCUT2D eigenvalue weighted by atomic mass is 10.2. The summed E-state index contributed by atoms with van der Waals surface area (Å²) in [6, 6.07) is 16.3. The molecule has 2 N–H and O–H groups in total. The molecule has 2 heterocycles. The Morgan fingerprint density at radius 2 is 1.69 bits per heavy atom. The second-order valence-electron chi connectivity index (χ2n) is 7.60. The van der Waals surface area contributed by atoms with Gasteiger partial charge in [-0.1, -0.05) is 18.2 Å². The van der Waals surface area contributed by atoms with Gasteiger partial charge < -0.3 is 10.4 Å². The van der Waals surface area contributed by atoms with Gasteiger partial charge in [-0.25, -0.2) is 22.8 Å². The summed E-state index contributed by atoms with van der Waals surface area (Å²) in [4.78, 5) is 16.4. The van der Waals surface area contributed by atoms with Gasteiger partial charge >= 0.3 is 11.2 Å². The third-order valence-corrected chi connectivity index (χ3v) is 6.79. The number of hydrogen-bond acceptors (Lipinski definition) is 6. The lowest BCUT2D eigenvalue weighted by Gasteiger charge is -2.09. The van der Waals surface area contributed by atoms with Crippen molar-refractivity contribution >= 4 is 21.3 Å². The van der Waals surface area contributed by atoms with Crippen molar-refractivity contribution in [3.05, 3.63) is 94.7 Å². The zero-order chi connectivity index (χ0) is 25.4. The average molecular weight is 504 g/mol. The molecule has 0 bridgehead atoms. The molecular formula is C23H19F3N4O4S. The Morgan fingerprint density at radius 3 is 2.31 bits per heavy atom. The number of aromatic hydroxyl groups is 1. The van der Waals surface area contributed by atoms with Crippen LogP contribution in [0.3, 0.4) is 0 Å². The number of nitrogens with one attached hydrogen (secondary N) is 1. The summed E-state index contributed by atoms with van der Waals surface area (Å²) in [6.45, 7) is 1.60. The van der Waals surface area contributed by atoms with Crippen LogP contribution in [0.2, 0.25) is 0 Å². The molecule has 0 aliphatic heterocycles. The SMILES string of the molecule is Cc1c(O)n(-c2ccc(S(=O)(=O)C(F)(F)F)cc2)c(=O)n1Cc1ccnc(Nc2ccccc2)c1. The van der Waals surface area contributed by atoms with Crippen LogP contribution in [0.5, 0.6) is 5.88 Å². The number of nitrogens with zero attached hydrogens (tertiary/aromatic N) is 3. The summed E-state index contributed by atoms with van der Waals surface area (Å²) >= 11 is 0. The van der Waals surface area contributed by atoms with E-state index in [0.717, 1.165) is 34.5 Å². The van der Waals surface area contributed by atoms with Crippen molar-refractivity contribution in [1.82, 2.24) is 14.1 Å². The van der Waals surface area contributed by atoms with Gasteiger partial charge in [0.15, 0.2) is 0 Å². The predicted octanol–water partition coefficient (Wildman–Crippen LogP) is 4.13. The fourth-order valence-electron chi connectivity index (χ4n) is 3.46. The first-order valence-electron chi connectivity index (χ1n) is 10.2. The van der Waals surface area contributed by atoms with Crippen molar-refractivity contribution in [3.8, 4) is 11.6 Å². The number of anilines is 2. The predicted molar refractivity (Wildman–Crippen MR) is 123 cm³/mol. The standard InChI is InChI=1S/C23H19F3N4O4S/c1-15-21(31)30(18-7-9-19(10-8-18)35(33,34)23(24,25)26)22(32)29(15)14-16-11-12-27-20(13-16)28-17-5-3-2-4-6-17/h2-13,31H,14H2,1H3,(H,27,28). The first-order valence-corrected chi connectivity index (χ1v) is 11.7. The third kappa shape index (κ3) is 4.64. The molecule has 2 aromatic heterocycles. The number of hydrogen-bond donors (Lipinski definition) is 2. The fourth-order valence-corrected chi connectivity index (χ4v) is 4.22. The molecule has 182 valence electrons. The van der Waals surface area contributed by atoms with Crippen LogP contribution in [0.25, 0.3) is 5.69 Å². The summed E-state index contributed by atoms with van der Waals surface area (Å²) in [5.41, 5.74) is -4.35. The number of aromatic nitrogens is 3. The van der Waals surface area contributed by atoms with Gasteiger partial charge in [0.05, 0.1) is 22.8 Å². The van der Waals surface area contributed by atoms with Crippen LogP contribution in [-0.2, 0) is 16.4 Å². The first-order chi connectivity index (χ1) is 16.5. The molecule has 0 unspecified atom stereocenters. The summed E-state index contributed by atoms with van der Waals surface area (Å²) in [5, 5.41) is 13.7. The van der Waals surface area contributed by atoms with Crippen molar-refractivity contribution in [2.24, 2.45) is 0 Å². The number of halogens is 3. The fraction of sp³-hybridized carbons (Fsp3) is 0.130. The Labute approximate surface area is 197 Å². The highest BCUT2D eigenvalue weighted by Crippen LogP contribution is 2.31. The highest BCUT2D eigenvalue weighted by Gasteiger charge is 2.46. The molecule has 0 atom stereocenters. The number of alkyl halides is 3. The summed E-state index contributed by atoms with van der Waals surface area (Å²) in [7, 11) is -5.53. The molecule has 0 aliphatic carbocycles. The molecule has 0 saturated carbocycles. The topological polar surface area (TPSA) is 106 Å². The maximum atomic E-state index is 13.1. The lowest BCUT2D eigenvalue weighted by Crippen LogP contribution is -2.25. The van der Waals surface area contributed by atoms with E-state index in [9.17, 15) is 31.5 Å². The minimum Gasteiger partial charge on any atom is -0.493 e. The molecule has 0 radical (unpaired) electrons. The van der Waals surface area contributed by atoms with Crippen molar-refractivity contribution in [2.75, 3.05) is 5.32 Å². The van der Waals surface area contributed by atoms with E-state index in [1.165, 1.54) is 11.5 Å². The second kappa shape index (κ2) is 8.95. The Balaban J connectivity index is 1.64. The number of imidazole rings is 1. The van der Waals surface area contributed by atoms with E-state index in [0.29, 0.717) is 11.4 Å². The van der Waals surface area contributed by atoms with E-state index in [1.807, 2.05) is 30.3 Å². The molecule has 0 aliphatic rings. The van der Waals surface area contributed by atoms with E-state index < -0.39 is 31.8 Å². The van der Waals surface area contributed by atoms with Crippen LogP contribution in [-0.4, -0.2) is 33.2 Å². The van der Waals surface area contributed by atoms with Crippen LogP contribution in [0.1, 0.15) is 11.3 Å². The lowest BCUT2D eigenvalue weighted by molar-refractivity contribution is -0.0436. The molecule has 0 spiro atoms. The highest BCUT2D eigenvalue weighted by molar-refractivity contribution is 7.92. The molecule has 12 heteroatoms. The van der Waals surface area contributed by atoms with E-state index in [2.05, 4.69) is 10.3 Å². The van der Waals surface area contributed by atoms with Crippen LogP contribution >= 0.6 is 0 Å². The first kappa shape index (κ1) is 24.1. The van der Waals surface area contributed by atoms with Crippen LogP contribution in [0.15, 0.2) is 82.6 Å². The van der Waals surface area contributed by atoms with Crippen molar-refractivity contribution < 1.29 is 26.7 Å². The van der Waals surface area contributed by atoms with Gasteiger partial charge in [0.1, 0.15) is 5.82 Å². The Kier molecular flexibility index (Phi) is 6.15. The Hall–Kier alpha value is -4.06. The van der Waals surface area contributed by atoms with Crippen molar-refractivity contribution in [1.29, 1.82) is 0 Å². The molecule has 0 fully saturated rings. The zero-order valence-corrected chi connectivity index (χ0v) is 19.0. The van der Waals surface area contributed by atoms with E-state index in [1.54, 1.807) is 18.3 Å². The molecular weight excluding hydrogens is 485 g/mol. The van der Waals surface area contributed by atoms with Gasteiger partial charge in [-0.2, -0.15) is 13.2 Å². The molecule has 2 aromatic carbocycles. The molecule has 35 heavy (non-hydrogen) atoms. The zero-order valence-electron chi connectivity index (χ0n) is 18.2. The highest BCUT2D eigenvalue weighted by atomic mass is 32.2. The van der Waals surface area contributed by atoms with Crippen LogP contribution in [0.4, 0.5) is 24.7 Å². The Morgan fingerprint density at radius 1 is 1.03 bits per heavy atom. The van der Waals surface area contributed by atoms with Crippen LogP contribution in [0, 0.1) is 6.92 Å². The van der Waals surface area contributed by atoms with Gasteiger partial charge in [-0.15, -0.1) is 0 Å². The summed E-state index contributed by atoms with van der Waals surface area (Å²) in [6.07, 6.45) is 1.57.